The number of thioether (sulfide) groups is 1. The molecule has 1 aromatic carbocycles. The highest BCUT2D eigenvalue weighted by atomic mass is 33.1. The van der Waals surface area contributed by atoms with Crippen LogP contribution in [0, 0.1) is 17.7 Å². The average molecular weight is 297 g/mol. The molecule has 0 amide bonds. The van der Waals surface area contributed by atoms with Crippen molar-refractivity contribution >= 4 is 34.2 Å². The summed E-state index contributed by atoms with van der Waals surface area (Å²) in [6.07, 6.45) is 3.33. The predicted octanol–water partition coefficient (Wildman–Crippen LogP) is 4.18. The van der Waals surface area contributed by atoms with Crippen molar-refractivity contribution in [2.45, 2.75) is 11.8 Å². The molecule has 0 aliphatic carbocycles. The van der Waals surface area contributed by atoms with Crippen LogP contribution in [0.5, 0.6) is 0 Å². The van der Waals surface area contributed by atoms with Gasteiger partial charge in [-0.3, -0.25) is 0 Å². The van der Waals surface area contributed by atoms with E-state index in [2.05, 4.69) is 23.5 Å². The Balaban J connectivity index is 2.88. The Morgan fingerprint density at radius 3 is 2.83 bits per heavy atom. The van der Waals surface area contributed by atoms with E-state index in [0.29, 0.717) is 10.5 Å². The average Bonchev–Trinajstić information content (AvgIpc) is 2.39. The Morgan fingerprint density at radius 2 is 2.28 bits per heavy atom. The van der Waals surface area contributed by atoms with E-state index in [1.807, 2.05) is 13.0 Å². The largest absolute Gasteiger partial charge is 0.404 e. The van der Waals surface area contributed by atoms with Crippen LogP contribution in [0.15, 0.2) is 45.7 Å². The van der Waals surface area contributed by atoms with Crippen LogP contribution in [0.1, 0.15) is 12.5 Å². The van der Waals surface area contributed by atoms with E-state index < -0.39 is 0 Å². The fourth-order valence-corrected chi connectivity index (χ4v) is 2.26. The number of nitrogens with two attached hydrogens (primary N) is 1. The van der Waals surface area contributed by atoms with E-state index in [1.165, 1.54) is 24.0 Å². The molecule has 0 saturated heterocycles. The van der Waals surface area contributed by atoms with E-state index >= 15 is 0 Å². The molecule has 0 saturated carbocycles. The summed E-state index contributed by atoms with van der Waals surface area (Å²) in [5, 5.41) is 1.74. The molecule has 1 nitrogen and oxygen atoms in total. The normalized spacial score (nSPS) is 11.4. The summed E-state index contributed by atoms with van der Waals surface area (Å²) in [6, 6.07) is 4.84. The number of rotatable bonds is 3. The van der Waals surface area contributed by atoms with Crippen LogP contribution in [0.25, 0.3) is 0 Å². The van der Waals surface area contributed by atoms with Gasteiger partial charge in [-0.2, -0.15) is 0 Å². The Bertz CT molecular complexity index is 527. The fraction of sp³-hybridized carbons (Fsp3) is 0.0769. The second-order valence-corrected chi connectivity index (χ2v) is 5.20. The maximum Gasteiger partial charge on any atom is 0.138 e. The van der Waals surface area contributed by atoms with Gasteiger partial charge in [-0.15, -0.1) is 11.7 Å². The fourth-order valence-electron chi connectivity index (χ4n) is 1.07. The predicted molar refractivity (Wildman–Crippen MR) is 82.8 cm³/mol. The molecule has 0 fully saturated rings. The molecule has 94 valence electrons. The van der Waals surface area contributed by atoms with Gasteiger partial charge in [0.05, 0.1) is 9.80 Å². The quantitative estimate of drug-likeness (QED) is 0.497. The van der Waals surface area contributed by atoms with E-state index in [0.717, 1.165) is 15.7 Å². The lowest BCUT2D eigenvalue weighted by molar-refractivity contribution is 0.602. The van der Waals surface area contributed by atoms with Gasteiger partial charge in [0.25, 0.3) is 0 Å². The first-order valence-corrected chi connectivity index (χ1v) is 7.78. The molecule has 0 aliphatic heterocycles. The monoisotopic (exact) mass is 297 g/mol. The van der Waals surface area contributed by atoms with E-state index in [1.54, 1.807) is 17.5 Å². The maximum atomic E-state index is 13.5. The number of hydrogen-bond acceptors (Lipinski definition) is 4. The van der Waals surface area contributed by atoms with Crippen LogP contribution in [-0.2, 0) is 0 Å². The van der Waals surface area contributed by atoms with Crippen LogP contribution >= 0.6 is 34.2 Å². The summed E-state index contributed by atoms with van der Waals surface area (Å²) in [6.45, 7) is 1.89. The summed E-state index contributed by atoms with van der Waals surface area (Å²) in [5.41, 5.74) is 5.89. The topological polar surface area (TPSA) is 26.0 Å². The van der Waals surface area contributed by atoms with Crippen molar-refractivity contribution in [1.29, 1.82) is 0 Å². The number of benzene rings is 1. The minimum atomic E-state index is -0.307. The van der Waals surface area contributed by atoms with E-state index in [4.69, 9.17) is 5.73 Å². The molecule has 2 N–H and O–H groups in total. The molecule has 0 bridgehead atoms. The van der Waals surface area contributed by atoms with E-state index in [9.17, 15) is 4.39 Å². The van der Waals surface area contributed by atoms with Gasteiger partial charge in [-0.25, -0.2) is 4.39 Å². The summed E-state index contributed by atoms with van der Waals surface area (Å²) < 4.78 is 13.5. The lowest BCUT2D eigenvalue weighted by atomic mass is 10.2. The van der Waals surface area contributed by atoms with Gasteiger partial charge in [0, 0.05) is 11.8 Å². The third-order valence-corrected chi connectivity index (χ3v) is 3.90. The lowest BCUT2D eigenvalue weighted by Gasteiger charge is -1.98. The number of halogens is 1. The molecule has 0 spiro atoms. The minimum Gasteiger partial charge on any atom is -0.404 e. The zero-order valence-electron chi connectivity index (χ0n) is 9.68. The SMILES string of the molecule is C/C=C(/C#Cc1ccc(SS)c(F)c1)S/C=C\N. The molecule has 1 aromatic rings. The van der Waals surface area contributed by atoms with Gasteiger partial charge < -0.3 is 5.73 Å². The Kier molecular flexibility index (Phi) is 6.88. The zero-order chi connectivity index (χ0) is 13.4. The molecule has 0 aromatic heterocycles. The van der Waals surface area contributed by atoms with Crippen LogP contribution in [0.2, 0.25) is 0 Å². The summed E-state index contributed by atoms with van der Waals surface area (Å²) in [5.74, 6) is 5.56. The van der Waals surface area contributed by atoms with Crippen molar-refractivity contribution in [3.63, 3.8) is 0 Å². The van der Waals surface area contributed by atoms with Crippen molar-refractivity contribution in [3.05, 3.63) is 52.2 Å². The summed E-state index contributed by atoms with van der Waals surface area (Å²) in [7, 11) is 1.08. The smallest absolute Gasteiger partial charge is 0.138 e. The minimum absolute atomic E-state index is 0.307. The van der Waals surface area contributed by atoms with Crippen LogP contribution in [-0.4, -0.2) is 0 Å². The molecule has 0 atom stereocenters. The standard InChI is InChI=1S/C13H12FNS3/c1-2-11(17-8-7-15)5-3-10-4-6-13(18-16)12(14)9-10/h2,4,6-9,16H,15H2,1H3/b8-7-,11-2-. The van der Waals surface area contributed by atoms with Crippen LogP contribution < -0.4 is 5.73 Å². The van der Waals surface area contributed by atoms with Gasteiger partial charge in [-0.1, -0.05) is 40.5 Å². The first kappa shape index (κ1) is 15.1. The van der Waals surface area contributed by atoms with Gasteiger partial charge in [0.2, 0.25) is 0 Å². The van der Waals surface area contributed by atoms with Gasteiger partial charge in [-0.05, 0) is 30.5 Å². The molecule has 1 rings (SSSR count). The molecule has 0 radical (unpaired) electrons. The molecular formula is C13H12FNS3. The van der Waals surface area contributed by atoms with Gasteiger partial charge >= 0.3 is 0 Å². The molecule has 0 heterocycles. The van der Waals surface area contributed by atoms with E-state index in [-0.39, 0.29) is 5.82 Å². The number of allylic oxidation sites excluding steroid dienone is 2. The van der Waals surface area contributed by atoms with Gasteiger partial charge in [0.15, 0.2) is 0 Å². The van der Waals surface area contributed by atoms with Gasteiger partial charge in [0.1, 0.15) is 5.82 Å². The Hall–Kier alpha value is -0.960. The zero-order valence-corrected chi connectivity index (χ0v) is 12.2. The Morgan fingerprint density at radius 1 is 1.50 bits per heavy atom. The molecular weight excluding hydrogens is 285 g/mol. The second kappa shape index (κ2) is 8.20. The molecule has 0 aliphatic rings. The highest BCUT2D eigenvalue weighted by Gasteiger charge is 2.00. The number of thiol groups is 1. The third kappa shape index (κ3) is 4.73. The highest BCUT2D eigenvalue weighted by molar-refractivity contribution is 8.68. The van der Waals surface area contributed by atoms with Crippen molar-refractivity contribution in [2.75, 3.05) is 0 Å². The van der Waals surface area contributed by atoms with Crippen molar-refractivity contribution in [1.82, 2.24) is 0 Å². The molecule has 5 heteroatoms. The highest BCUT2D eigenvalue weighted by Crippen LogP contribution is 2.25. The third-order valence-electron chi connectivity index (χ3n) is 1.90. The van der Waals surface area contributed by atoms with Crippen molar-refractivity contribution in [3.8, 4) is 11.8 Å². The first-order chi connectivity index (χ1) is 8.71. The molecule has 18 heavy (non-hydrogen) atoms. The first-order valence-electron chi connectivity index (χ1n) is 5.04. The van der Waals surface area contributed by atoms with Crippen LogP contribution in [0.3, 0.4) is 0 Å². The summed E-state index contributed by atoms with van der Waals surface area (Å²) in [4.78, 5) is 1.36. The molecule has 0 unspecified atom stereocenters. The second-order valence-electron chi connectivity index (χ2n) is 3.09. The maximum absolute atomic E-state index is 13.5. The van der Waals surface area contributed by atoms with Crippen LogP contribution in [0.4, 0.5) is 4.39 Å². The number of hydrogen-bond donors (Lipinski definition) is 2. The van der Waals surface area contributed by atoms with Crippen molar-refractivity contribution in [2.24, 2.45) is 5.73 Å². The lowest BCUT2D eigenvalue weighted by Crippen LogP contribution is -1.82. The summed E-state index contributed by atoms with van der Waals surface area (Å²) >= 11 is 5.39. The Labute approximate surface area is 120 Å². The van der Waals surface area contributed by atoms with Crippen molar-refractivity contribution < 1.29 is 4.39 Å².